The third kappa shape index (κ3) is 6.44. The highest BCUT2D eigenvalue weighted by molar-refractivity contribution is 7.89. The van der Waals surface area contributed by atoms with Crippen molar-refractivity contribution in [3.63, 3.8) is 0 Å². The molecular formula is C30H36N6O5S. The van der Waals surface area contributed by atoms with E-state index in [-0.39, 0.29) is 41.9 Å². The summed E-state index contributed by atoms with van der Waals surface area (Å²) in [6.45, 7) is 1.85. The molecule has 0 spiro atoms. The zero-order valence-corrected chi connectivity index (χ0v) is 24.4. The molecule has 2 aromatic heterocycles. The molecule has 222 valence electrons. The molecular weight excluding hydrogens is 556 g/mol. The van der Waals surface area contributed by atoms with E-state index in [4.69, 9.17) is 0 Å². The minimum absolute atomic E-state index is 0.0266. The topological polar surface area (TPSA) is 143 Å². The van der Waals surface area contributed by atoms with Crippen LogP contribution in [0.5, 0.6) is 0 Å². The first-order valence-electron chi connectivity index (χ1n) is 14.4. The second-order valence-electron chi connectivity index (χ2n) is 11.0. The molecule has 1 saturated heterocycles. The van der Waals surface area contributed by atoms with E-state index in [0.29, 0.717) is 16.4 Å². The Bertz CT molecular complexity index is 1510. The van der Waals surface area contributed by atoms with Crippen LogP contribution >= 0.6 is 0 Å². The Labute approximate surface area is 245 Å². The van der Waals surface area contributed by atoms with Crippen LogP contribution in [0.1, 0.15) is 62.2 Å². The molecule has 1 saturated carbocycles. The Morgan fingerprint density at radius 3 is 2.52 bits per heavy atom. The summed E-state index contributed by atoms with van der Waals surface area (Å²) in [6.07, 6.45) is 9.31. The molecule has 1 aliphatic heterocycles. The number of ketones is 1. The predicted octanol–water partition coefficient (Wildman–Crippen LogP) is 2.87. The lowest BCUT2D eigenvalue weighted by Gasteiger charge is -2.33. The zero-order valence-electron chi connectivity index (χ0n) is 23.6. The Morgan fingerprint density at radius 1 is 1.05 bits per heavy atom. The first-order valence-corrected chi connectivity index (χ1v) is 15.8. The Kier molecular flexibility index (Phi) is 9.12. The van der Waals surface area contributed by atoms with Gasteiger partial charge in [0.15, 0.2) is 10.8 Å². The van der Waals surface area contributed by atoms with Gasteiger partial charge in [-0.3, -0.25) is 14.4 Å². The number of hydrogen-bond acceptors (Lipinski definition) is 8. The maximum Gasteiger partial charge on any atom is 0.284 e. The molecule has 2 amide bonds. The smallest absolute Gasteiger partial charge is 0.284 e. The van der Waals surface area contributed by atoms with Crippen LogP contribution in [-0.2, 0) is 19.6 Å². The minimum Gasteiger partial charge on any atom is -0.340 e. The van der Waals surface area contributed by atoms with E-state index in [2.05, 4.69) is 20.7 Å². The first kappa shape index (κ1) is 29.6. The summed E-state index contributed by atoms with van der Waals surface area (Å²) in [4.78, 5) is 45.6. The molecule has 1 aliphatic carbocycles. The normalized spacial score (nSPS) is 20.5. The lowest BCUT2D eigenvalue weighted by Crippen LogP contribution is -2.57. The van der Waals surface area contributed by atoms with E-state index in [1.54, 1.807) is 53.5 Å². The average molecular weight is 593 g/mol. The number of aromatic nitrogens is 3. The van der Waals surface area contributed by atoms with Crippen molar-refractivity contribution in [1.29, 1.82) is 0 Å². The molecule has 0 radical (unpaired) electrons. The summed E-state index contributed by atoms with van der Waals surface area (Å²) in [7, 11) is -4.53. The number of pyridine rings is 1. The number of Topliss-reactive ketones (excluding diaryl/α,β-unsaturated/α-hetero) is 1. The van der Waals surface area contributed by atoms with Gasteiger partial charge >= 0.3 is 0 Å². The molecule has 3 heterocycles. The maximum absolute atomic E-state index is 14.5. The van der Waals surface area contributed by atoms with Crippen LogP contribution in [0.15, 0.2) is 72.1 Å². The number of carbonyl (C=O) groups is 3. The van der Waals surface area contributed by atoms with Crippen molar-refractivity contribution in [2.45, 2.75) is 75.0 Å². The van der Waals surface area contributed by atoms with Crippen molar-refractivity contribution in [2.75, 3.05) is 6.54 Å². The van der Waals surface area contributed by atoms with E-state index < -0.39 is 39.7 Å². The second-order valence-corrected chi connectivity index (χ2v) is 12.8. The average Bonchev–Trinajstić information content (AvgIpc) is 3.70. The van der Waals surface area contributed by atoms with Gasteiger partial charge in [-0.15, -0.1) is 0 Å². The summed E-state index contributed by atoms with van der Waals surface area (Å²) >= 11 is 0. The molecule has 11 nitrogen and oxygen atoms in total. The highest BCUT2D eigenvalue weighted by Crippen LogP contribution is 2.31. The lowest BCUT2D eigenvalue weighted by atomic mass is 9.96. The van der Waals surface area contributed by atoms with Gasteiger partial charge in [-0.25, -0.2) is 14.0 Å². The fraction of sp³-hybridized carbons (Fsp3) is 0.433. The molecule has 12 heteroatoms. The van der Waals surface area contributed by atoms with Crippen LogP contribution in [0.3, 0.4) is 0 Å². The molecule has 2 N–H and O–H groups in total. The molecule has 5 rings (SSSR count). The van der Waals surface area contributed by atoms with Gasteiger partial charge in [0.25, 0.3) is 21.8 Å². The van der Waals surface area contributed by atoms with Gasteiger partial charge in [0.2, 0.25) is 0 Å². The zero-order chi connectivity index (χ0) is 29.7. The molecule has 3 atom stereocenters. The summed E-state index contributed by atoms with van der Waals surface area (Å²) in [5.41, 5.74) is 0.803. The molecule has 2 aliphatic rings. The summed E-state index contributed by atoms with van der Waals surface area (Å²) in [6, 6.07) is 10.6. The van der Waals surface area contributed by atoms with Crippen molar-refractivity contribution in [3.8, 4) is 5.69 Å². The van der Waals surface area contributed by atoms with Gasteiger partial charge < -0.3 is 10.6 Å². The van der Waals surface area contributed by atoms with Crippen molar-refractivity contribution in [3.05, 3.63) is 72.7 Å². The Morgan fingerprint density at radius 2 is 1.81 bits per heavy atom. The Hall–Kier alpha value is -3.90. The van der Waals surface area contributed by atoms with E-state index in [1.807, 2.05) is 6.92 Å². The van der Waals surface area contributed by atoms with E-state index in [9.17, 15) is 22.8 Å². The van der Waals surface area contributed by atoms with Crippen LogP contribution < -0.4 is 10.6 Å². The fourth-order valence-corrected chi connectivity index (χ4v) is 7.39. The highest BCUT2D eigenvalue weighted by atomic mass is 32.2. The summed E-state index contributed by atoms with van der Waals surface area (Å²) < 4.78 is 30.4. The summed E-state index contributed by atoms with van der Waals surface area (Å²) in [5.74, 6) is -1.63. The number of hydrogen-bond donors (Lipinski definition) is 2. The van der Waals surface area contributed by atoms with Crippen LogP contribution in [0.4, 0.5) is 0 Å². The minimum atomic E-state index is -4.53. The molecule has 1 aromatic carbocycles. The van der Waals surface area contributed by atoms with Crippen LogP contribution in [0, 0.1) is 5.92 Å². The van der Waals surface area contributed by atoms with Crippen molar-refractivity contribution < 1.29 is 22.8 Å². The largest absolute Gasteiger partial charge is 0.340 e. The number of para-hydroxylation sites is 1. The van der Waals surface area contributed by atoms with Crippen LogP contribution in [0.2, 0.25) is 0 Å². The van der Waals surface area contributed by atoms with Crippen LogP contribution in [-0.4, -0.2) is 69.8 Å². The number of benzene rings is 1. The lowest BCUT2D eigenvalue weighted by molar-refractivity contribution is -0.135. The van der Waals surface area contributed by atoms with Gasteiger partial charge in [-0.1, -0.05) is 43.9 Å². The van der Waals surface area contributed by atoms with Crippen molar-refractivity contribution in [2.24, 2.45) is 5.92 Å². The third-order valence-electron chi connectivity index (χ3n) is 8.08. The van der Waals surface area contributed by atoms with E-state index >= 15 is 0 Å². The molecule has 3 aromatic rings. The van der Waals surface area contributed by atoms with Gasteiger partial charge in [-0.05, 0) is 62.4 Å². The SMILES string of the molecule is C[C@@H]1CC[C@H](N(C(=O)[C@H](CC2CCCC2)NC(=O)c2ccccc2-n2cccn2)S(=O)(=O)c2ccccn2)C(=O)CN1. The van der Waals surface area contributed by atoms with Crippen molar-refractivity contribution >= 4 is 27.6 Å². The van der Waals surface area contributed by atoms with Gasteiger partial charge in [0, 0.05) is 24.6 Å². The third-order valence-corrected chi connectivity index (χ3v) is 9.80. The number of nitrogens with one attached hydrogen (secondary N) is 2. The molecule has 0 bridgehead atoms. The number of carbonyl (C=O) groups excluding carboxylic acids is 3. The van der Waals surface area contributed by atoms with Crippen LogP contribution in [0.25, 0.3) is 5.69 Å². The number of nitrogens with zero attached hydrogens (tertiary/aromatic N) is 4. The fourth-order valence-electron chi connectivity index (χ4n) is 5.82. The summed E-state index contributed by atoms with van der Waals surface area (Å²) in [5, 5.41) is 9.87. The molecule has 0 unspecified atom stereocenters. The quantitative estimate of drug-likeness (QED) is 0.386. The maximum atomic E-state index is 14.5. The number of sulfonamides is 1. The van der Waals surface area contributed by atoms with Gasteiger partial charge in [0.1, 0.15) is 12.1 Å². The first-order chi connectivity index (χ1) is 20.3. The second kappa shape index (κ2) is 13.0. The van der Waals surface area contributed by atoms with Crippen molar-refractivity contribution in [1.82, 2.24) is 29.7 Å². The number of rotatable bonds is 9. The molecule has 2 fully saturated rings. The number of amides is 2. The van der Waals surface area contributed by atoms with Gasteiger partial charge in [-0.2, -0.15) is 13.5 Å². The van der Waals surface area contributed by atoms with E-state index in [1.165, 1.54) is 18.3 Å². The van der Waals surface area contributed by atoms with Gasteiger partial charge in [0.05, 0.1) is 17.8 Å². The standard InChI is InChI=1S/C30H36N6O5S/c1-21-14-15-26(27(37)20-32-21)36(42(40,41)28-13-6-7-16-31-28)30(39)24(19-22-9-2-3-10-22)34-29(38)23-11-4-5-12-25(23)35-18-8-17-33-35/h4-8,11-13,16-18,21-22,24,26,32H,2-3,9-10,14-15,19-20H2,1H3,(H,34,38)/t21-,24+,26+/m1/s1. The predicted molar refractivity (Wildman–Crippen MR) is 155 cm³/mol. The Balaban J connectivity index is 1.54. The molecule has 42 heavy (non-hydrogen) atoms. The van der Waals surface area contributed by atoms with E-state index in [0.717, 1.165) is 25.7 Å². The highest BCUT2D eigenvalue weighted by Gasteiger charge is 2.44. The monoisotopic (exact) mass is 592 g/mol.